The van der Waals surface area contributed by atoms with Gasteiger partial charge in [0.25, 0.3) is 0 Å². The van der Waals surface area contributed by atoms with E-state index in [1.165, 1.54) is 0 Å². The molecule has 0 aliphatic heterocycles. The van der Waals surface area contributed by atoms with Crippen LogP contribution in [-0.2, 0) is 14.3 Å². The molecule has 0 amide bonds. The largest absolute Gasteiger partial charge is 0.460 e. The number of aliphatic hydroxyl groups excluding tert-OH is 1. The number of carbonyl (C=O) groups is 2. The first-order chi connectivity index (χ1) is 8.76. The molecule has 0 aromatic heterocycles. The van der Waals surface area contributed by atoms with Crippen molar-refractivity contribution in [2.75, 3.05) is 0 Å². The van der Waals surface area contributed by atoms with Crippen molar-refractivity contribution < 1.29 is 19.4 Å². The predicted octanol–water partition coefficient (Wildman–Crippen LogP) is 2.31. The number of hydrogen-bond acceptors (Lipinski definition) is 4. The third-order valence-electron chi connectivity index (χ3n) is 2.61. The molecule has 0 fully saturated rings. The lowest BCUT2D eigenvalue weighted by molar-refractivity contribution is -0.156. The third-order valence-corrected chi connectivity index (χ3v) is 2.61. The van der Waals surface area contributed by atoms with Crippen molar-refractivity contribution in [1.29, 1.82) is 0 Å². The number of allylic oxidation sites excluding steroid dienone is 2. The second-order valence-electron chi connectivity index (χ2n) is 5.74. The van der Waals surface area contributed by atoms with Crippen LogP contribution in [0.3, 0.4) is 0 Å². The van der Waals surface area contributed by atoms with E-state index in [2.05, 4.69) is 0 Å². The minimum Gasteiger partial charge on any atom is -0.460 e. The highest BCUT2D eigenvalue weighted by Crippen LogP contribution is 2.16. The highest BCUT2D eigenvalue weighted by atomic mass is 16.6. The Morgan fingerprint density at radius 2 is 2.11 bits per heavy atom. The van der Waals surface area contributed by atoms with Crippen LogP contribution in [0.4, 0.5) is 0 Å². The molecule has 106 valence electrons. The zero-order valence-electron chi connectivity index (χ0n) is 11.8. The standard InChI is InChI=1S/C15H22O4/c1-15(2,3)19-14(18)10-13(17)9-6-11-4-7-12(16)8-5-11/h4-5,7,12,16H,6,8-10H2,1-3H3. The molecule has 0 aromatic rings. The van der Waals surface area contributed by atoms with E-state index in [1.54, 1.807) is 26.8 Å². The van der Waals surface area contributed by atoms with Crippen molar-refractivity contribution in [3.05, 3.63) is 23.8 Å². The number of ketones is 1. The van der Waals surface area contributed by atoms with Crippen LogP contribution >= 0.6 is 0 Å². The van der Waals surface area contributed by atoms with Gasteiger partial charge >= 0.3 is 5.97 Å². The van der Waals surface area contributed by atoms with Gasteiger partial charge in [-0.2, -0.15) is 0 Å². The summed E-state index contributed by atoms with van der Waals surface area (Å²) in [7, 11) is 0. The van der Waals surface area contributed by atoms with Gasteiger partial charge in [-0.3, -0.25) is 9.59 Å². The molecule has 0 saturated heterocycles. The van der Waals surface area contributed by atoms with E-state index < -0.39 is 17.7 Å². The summed E-state index contributed by atoms with van der Waals surface area (Å²) in [5.74, 6) is -0.587. The van der Waals surface area contributed by atoms with Gasteiger partial charge < -0.3 is 9.84 Å². The Hall–Kier alpha value is -1.42. The van der Waals surface area contributed by atoms with Gasteiger partial charge in [0.05, 0.1) is 6.10 Å². The number of esters is 1. The Morgan fingerprint density at radius 1 is 1.42 bits per heavy atom. The number of Topliss-reactive ketones (excluding diaryl/α,β-unsaturated/α-hetero) is 1. The fourth-order valence-electron chi connectivity index (χ4n) is 1.75. The average Bonchev–Trinajstić information content (AvgIpc) is 2.25. The predicted molar refractivity (Wildman–Crippen MR) is 72.5 cm³/mol. The summed E-state index contributed by atoms with van der Waals surface area (Å²) in [5, 5.41) is 9.27. The van der Waals surface area contributed by atoms with E-state index >= 15 is 0 Å². The van der Waals surface area contributed by atoms with E-state index in [4.69, 9.17) is 4.74 Å². The van der Waals surface area contributed by atoms with E-state index in [-0.39, 0.29) is 12.2 Å². The number of hydrogen-bond donors (Lipinski definition) is 1. The molecule has 1 aliphatic carbocycles. The lowest BCUT2D eigenvalue weighted by Crippen LogP contribution is -2.25. The Balaban J connectivity index is 2.29. The fraction of sp³-hybridized carbons (Fsp3) is 0.600. The molecular weight excluding hydrogens is 244 g/mol. The summed E-state index contributed by atoms with van der Waals surface area (Å²) in [4.78, 5) is 23.1. The quantitative estimate of drug-likeness (QED) is 0.612. The van der Waals surface area contributed by atoms with Crippen LogP contribution in [0.5, 0.6) is 0 Å². The zero-order chi connectivity index (χ0) is 14.5. The first-order valence-corrected chi connectivity index (χ1v) is 6.55. The molecule has 0 heterocycles. The highest BCUT2D eigenvalue weighted by Gasteiger charge is 2.18. The second kappa shape index (κ2) is 6.66. The van der Waals surface area contributed by atoms with Crippen LogP contribution in [0.1, 0.15) is 46.5 Å². The number of carbonyl (C=O) groups excluding carboxylic acids is 2. The molecular formula is C15H22O4. The minimum atomic E-state index is -0.553. The molecule has 1 aliphatic rings. The van der Waals surface area contributed by atoms with E-state index in [1.807, 2.05) is 12.2 Å². The van der Waals surface area contributed by atoms with Crippen molar-refractivity contribution in [3.8, 4) is 0 Å². The Labute approximate surface area is 114 Å². The normalized spacial score (nSPS) is 18.9. The molecule has 0 aromatic carbocycles. The Kier molecular flexibility index (Phi) is 5.48. The summed E-state index contributed by atoms with van der Waals surface area (Å²) >= 11 is 0. The van der Waals surface area contributed by atoms with Crippen LogP contribution in [0.2, 0.25) is 0 Å². The highest BCUT2D eigenvalue weighted by molar-refractivity contribution is 5.95. The van der Waals surface area contributed by atoms with Crippen LogP contribution in [-0.4, -0.2) is 28.6 Å². The molecule has 1 atom stereocenters. The third kappa shape index (κ3) is 6.91. The molecule has 0 radical (unpaired) electrons. The van der Waals surface area contributed by atoms with Crippen molar-refractivity contribution in [2.45, 2.75) is 58.2 Å². The fourth-order valence-corrected chi connectivity index (χ4v) is 1.75. The van der Waals surface area contributed by atoms with Crippen LogP contribution in [0.25, 0.3) is 0 Å². The van der Waals surface area contributed by atoms with Gasteiger partial charge in [0, 0.05) is 6.42 Å². The van der Waals surface area contributed by atoms with E-state index in [0.29, 0.717) is 19.3 Å². The first-order valence-electron chi connectivity index (χ1n) is 6.55. The van der Waals surface area contributed by atoms with Crippen LogP contribution in [0, 0.1) is 0 Å². The SMILES string of the molecule is CC(C)(C)OC(=O)CC(=O)CCC1=CCC(O)C=C1. The minimum absolute atomic E-state index is 0.116. The molecule has 4 nitrogen and oxygen atoms in total. The maximum Gasteiger partial charge on any atom is 0.313 e. The van der Waals surface area contributed by atoms with Crippen LogP contribution < -0.4 is 0 Å². The monoisotopic (exact) mass is 266 g/mol. The summed E-state index contributed by atoms with van der Waals surface area (Å²) in [6.45, 7) is 5.33. The van der Waals surface area contributed by atoms with Gasteiger partial charge in [-0.15, -0.1) is 0 Å². The lowest BCUT2D eigenvalue weighted by atomic mass is 9.99. The van der Waals surface area contributed by atoms with Crippen molar-refractivity contribution in [1.82, 2.24) is 0 Å². The molecule has 0 spiro atoms. The second-order valence-corrected chi connectivity index (χ2v) is 5.74. The maximum absolute atomic E-state index is 11.6. The molecule has 19 heavy (non-hydrogen) atoms. The molecule has 4 heteroatoms. The van der Waals surface area contributed by atoms with Gasteiger partial charge in [0.2, 0.25) is 0 Å². The molecule has 1 unspecified atom stereocenters. The van der Waals surface area contributed by atoms with Gasteiger partial charge in [0.1, 0.15) is 17.8 Å². The molecule has 1 rings (SSSR count). The van der Waals surface area contributed by atoms with Crippen LogP contribution in [0.15, 0.2) is 23.8 Å². The van der Waals surface area contributed by atoms with Crippen molar-refractivity contribution >= 4 is 11.8 Å². The summed E-state index contributed by atoms with van der Waals surface area (Å²) in [5.41, 5.74) is 0.477. The van der Waals surface area contributed by atoms with Gasteiger partial charge in [-0.1, -0.05) is 23.8 Å². The van der Waals surface area contributed by atoms with E-state index in [0.717, 1.165) is 5.57 Å². The molecule has 0 saturated carbocycles. The molecule has 1 N–H and O–H groups in total. The van der Waals surface area contributed by atoms with Gasteiger partial charge in [0.15, 0.2) is 0 Å². The topological polar surface area (TPSA) is 63.6 Å². The van der Waals surface area contributed by atoms with Crippen molar-refractivity contribution in [3.63, 3.8) is 0 Å². The van der Waals surface area contributed by atoms with Gasteiger partial charge in [-0.25, -0.2) is 0 Å². The Bertz CT molecular complexity index is 399. The maximum atomic E-state index is 11.6. The molecule has 0 bridgehead atoms. The summed E-state index contributed by atoms with van der Waals surface area (Å²) in [6.07, 6.45) is 6.40. The zero-order valence-corrected chi connectivity index (χ0v) is 11.8. The summed E-state index contributed by atoms with van der Waals surface area (Å²) in [6, 6.07) is 0. The first kappa shape index (κ1) is 15.6. The van der Waals surface area contributed by atoms with Crippen molar-refractivity contribution in [2.24, 2.45) is 0 Å². The lowest BCUT2D eigenvalue weighted by Gasteiger charge is -2.19. The number of ether oxygens (including phenoxy) is 1. The summed E-state index contributed by atoms with van der Waals surface area (Å²) < 4.78 is 5.09. The average molecular weight is 266 g/mol. The van der Waals surface area contributed by atoms with Gasteiger partial charge in [-0.05, 0) is 33.6 Å². The van der Waals surface area contributed by atoms with E-state index in [9.17, 15) is 14.7 Å². The number of rotatable bonds is 5. The smallest absolute Gasteiger partial charge is 0.313 e. The Morgan fingerprint density at radius 3 is 2.63 bits per heavy atom. The number of aliphatic hydroxyl groups is 1.